The van der Waals surface area contributed by atoms with Gasteiger partial charge in [0.05, 0.1) is 18.3 Å². The van der Waals surface area contributed by atoms with Gasteiger partial charge in [-0.3, -0.25) is 4.79 Å². The van der Waals surface area contributed by atoms with Crippen LogP contribution in [0.1, 0.15) is 16.1 Å². The van der Waals surface area contributed by atoms with E-state index in [2.05, 4.69) is 15.8 Å². The summed E-state index contributed by atoms with van der Waals surface area (Å²) < 4.78 is 5.65. The highest BCUT2D eigenvalue weighted by atomic mass is 16.4. The standard InChI is InChI=1S/C24H19N3O4/c28-23(15-25-21-10-4-6-16-5-1-2-9-20(16)21)27-26-14-19-11-12-22(31-19)17-7-3-8-18(13-17)24(29)30/h1-14,25H,15H2,(H,27,28)(H,29,30). The van der Waals surface area contributed by atoms with Crippen molar-refractivity contribution < 1.29 is 19.1 Å². The number of carboxylic acid groups (broad SMARTS) is 1. The number of amides is 1. The molecule has 0 bridgehead atoms. The summed E-state index contributed by atoms with van der Waals surface area (Å²) in [5, 5.41) is 18.3. The minimum atomic E-state index is -1.00. The van der Waals surface area contributed by atoms with Crippen molar-refractivity contribution in [3.63, 3.8) is 0 Å². The fourth-order valence-electron chi connectivity index (χ4n) is 3.15. The Balaban J connectivity index is 1.34. The lowest BCUT2D eigenvalue weighted by molar-refractivity contribution is -0.119. The number of hydrogen-bond acceptors (Lipinski definition) is 5. The van der Waals surface area contributed by atoms with Gasteiger partial charge in [-0.25, -0.2) is 10.2 Å². The number of rotatable bonds is 7. The molecule has 0 spiro atoms. The molecule has 0 saturated heterocycles. The number of fused-ring (bicyclic) bond motifs is 1. The quantitative estimate of drug-likeness (QED) is 0.308. The fraction of sp³-hybridized carbons (Fsp3) is 0.0417. The van der Waals surface area contributed by atoms with Crippen molar-refractivity contribution in [2.75, 3.05) is 11.9 Å². The molecule has 0 aliphatic carbocycles. The molecule has 1 heterocycles. The Labute approximate surface area is 178 Å². The predicted molar refractivity (Wildman–Crippen MR) is 119 cm³/mol. The van der Waals surface area contributed by atoms with Gasteiger partial charge in [-0.15, -0.1) is 0 Å². The minimum absolute atomic E-state index is 0.0662. The van der Waals surface area contributed by atoms with Crippen molar-refractivity contribution in [3.05, 3.63) is 90.2 Å². The van der Waals surface area contributed by atoms with Crippen LogP contribution in [0.4, 0.5) is 5.69 Å². The molecular formula is C24H19N3O4. The zero-order valence-electron chi connectivity index (χ0n) is 16.4. The number of nitrogens with zero attached hydrogens (tertiary/aromatic N) is 1. The van der Waals surface area contributed by atoms with Gasteiger partial charge in [0, 0.05) is 16.6 Å². The van der Waals surface area contributed by atoms with E-state index in [9.17, 15) is 9.59 Å². The predicted octanol–water partition coefficient (Wildman–Crippen LogP) is 4.36. The number of furan rings is 1. The highest BCUT2D eigenvalue weighted by Crippen LogP contribution is 2.23. The number of aromatic carboxylic acids is 1. The summed E-state index contributed by atoms with van der Waals surface area (Å²) in [5.41, 5.74) is 4.14. The highest BCUT2D eigenvalue weighted by molar-refractivity contribution is 5.95. The molecule has 0 saturated carbocycles. The number of anilines is 1. The molecule has 0 aliphatic heterocycles. The third-order valence-electron chi connectivity index (χ3n) is 4.63. The summed E-state index contributed by atoms with van der Waals surface area (Å²) in [7, 11) is 0. The van der Waals surface area contributed by atoms with E-state index in [4.69, 9.17) is 9.52 Å². The zero-order chi connectivity index (χ0) is 21.6. The Morgan fingerprint density at radius 1 is 0.968 bits per heavy atom. The van der Waals surface area contributed by atoms with Crippen LogP contribution in [0.25, 0.3) is 22.1 Å². The molecule has 1 aromatic heterocycles. The van der Waals surface area contributed by atoms with Crippen molar-refractivity contribution in [3.8, 4) is 11.3 Å². The van der Waals surface area contributed by atoms with Crippen LogP contribution in [0.5, 0.6) is 0 Å². The van der Waals surface area contributed by atoms with Gasteiger partial charge in [0.15, 0.2) is 0 Å². The Morgan fingerprint density at radius 3 is 2.65 bits per heavy atom. The molecule has 7 nitrogen and oxygen atoms in total. The maximum absolute atomic E-state index is 12.1. The number of hydrazone groups is 1. The number of benzene rings is 3. The molecule has 3 aromatic carbocycles. The Morgan fingerprint density at radius 2 is 1.77 bits per heavy atom. The van der Waals surface area contributed by atoms with Crippen molar-refractivity contribution >= 4 is 34.6 Å². The van der Waals surface area contributed by atoms with Crippen LogP contribution in [-0.4, -0.2) is 29.7 Å². The van der Waals surface area contributed by atoms with Crippen molar-refractivity contribution in [2.24, 2.45) is 5.10 Å². The smallest absolute Gasteiger partial charge is 0.335 e. The molecule has 7 heteroatoms. The van der Waals surface area contributed by atoms with E-state index in [-0.39, 0.29) is 18.0 Å². The number of carbonyl (C=O) groups is 2. The first-order chi connectivity index (χ1) is 15.1. The van der Waals surface area contributed by atoms with Crippen molar-refractivity contribution in [2.45, 2.75) is 0 Å². The third-order valence-corrected chi connectivity index (χ3v) is 4.63. The van der Waals surface area contributed by atoms with Crippen LogP contribution >= 0.6 is 0 Å². The van der Waals surface area contributed by atoms with Crippen LogP contribution in [0.15, 0.2) is 88.4 Å². The first kappa shape index (κ1) is 19.9. The summed E-state index contributed by atoms with van der Waals surface area (Å²) in [6, 6.07) is 23.6. The maximum atomic E-state index is 12.1. The second-order valence-corrected chi connectivity index (χ2v) is 6.76. The lowest BCUT2D eigenvalue weighted by Gasteiger charge is -2.08. The van der Waals surface area contributed by atoms with Crippen LogP contribution in [0, 0.1) is 0 Å². The van der Waals surface area contributed by atoms with Gasteiger partial charge in [0.2, 0.25) is 0 Å². The topological polar surface area (TPSA) is 104 Å². The van der Waals surface area contributed by atoms with E-state index in [0.717, 1.165) is 16.5 Å². The fourth-order valence-corrected chi connectivity index (χ4v) is 3.15. The van der Waals surface area contributed by atoms with Crippen molar-refractivity contribution in [1.82, 2.24) is 5.43 Å². The van der Waals surface area contributed by atoms with Crippen LogP contribution in [-0.2, 0) is 4.79 Å². The van der Waals surface area contributed by atoms with Crippen LogP contribution < -0.4 is 10.7 Å². The normalized spacial score (nSPS) is 11.0. The number of carboxylic acids is 1. The molecule has 3 N–H and O–H groups in total. The molecule has 4 rings (SSSR count). The van der Waals surface area contributed by atoms with E-state index < -0.39 is 5.97 Å². The van der Waals surface area contributed by atoms with Crippen LogP contribution in [0.2, 0.25) is 0 Å². The van der Waals surface area contributed by atoms with E-state index in [0.29, 0.717) is 17.1 Å². The molecular weight excluding hydrogens is 394 g/mol. The molecule has 0 unspecified atom stereocenters. The minimum Gasteiger partial charge on any atom is -0.478 e. The van der Waals surface area contributed by atoms with Gasteiger partial charge in [-0.05, 0) is 35.7 Å². The molecule has 0 atom stereocenters. The third kappa shape index (κ3) is 4.79. The SMILES string of the molecule is O=C(CNc1cccc2ccccc12)NN=Cc1ccc(-c2cccc(C(=O)O)c2)o1. The lowest BCUT2D eigenvalue weighted by atomic mass is 10.1. The average Bonchev–Trinajstić information content (AvgIpc) is 3.27. The number of hydrogen-bond donors (Lipinski definition) is 3. The van der Waals surface area contributed by atoms with Gasteiger partial charge in [0.1, 0.15) is 11.5 Å². The summed E-state index contributed by atoms with van der Waals surface area (Å²) in [5.74, 6) is -0.369. The second-order valence-electron chi connectivity index (χ2n) is 6.76. The first-order valence-corrected chi connectivity index (χ1v) is 9.57. The monoisotopic (exact) mass is 413 g/mol. The second kappa shape index (κ2) is 8.96. The summed E-state index contributed by atoms with van der Waals surface area (Å²) in [6.45, 7) is 0.0662. The van der Waals surface area contributed by atoms with Gasteiger partial charge in [-0.1, -0.05) is 48.5 Å². The van der Waals surface area contributed by atoms with E-state index >= 15 is 0 Å². The summed E-state index contributed by atoms with van der Waals surface area (Å²) in [6.07, 6.45) is 1.39. The van der Waals surface area contributed by atoms with Crippen molar-refractivity contribution in [1.29, 1.82) is 0 Å². The Hall–Kier alpha value is -4.39. The van der Waals surface area contributed by atoms with Gasteiger partial charge in [0.25, 0.3) is 5.91 Å². The van der Waals surface area contributed by atoms with Gasteiger partial charge < -0.3 is 14.8 Å². The number of nitrogens with one attached hydrogen (secondary N) is 2. The van der Waals surface area contributed by atoms with E-state index in [1.54, 1.807) is 24.3 Å². The van der Waals surface area contributed by atoms with Gasteiger partial charge in [-0.2, -0.15) is 5.10 Å². The van der Waals surface area contributed by atoms with Gasteiger partial charge >= 0.3 is 5.97 Å². The summed E-state index contributed by atoms with van der Waals surface area (Å²) >= 11 is 0. The largest absolute Gasteiger partial charge is 0.478 e. The molecule has 4 aromatic rings. The first-order valence-electron chi connectivity index (χ1n) is 9.57. The number of carbonyl (C=O) groups excluding carboxylic acids is 1. The molecule has 0 fully saturated rings. The Bertz CT molecular complexity index is 1270. The molecule has 0 radical (unpaired) electrons. The van der Waals surface area contributed by atoms with E-state index in [1.165, 1.54) is 18.3 Å². The van der Waals surface area contributed by atoms with E-state index in [1.807, 2.05) is 42.5 Å². The van der Waals surface area contributed by atoms with Crippen LogP contribution in [0.3, 0.4) is 0 Å². The average molecular weight is 413 g/mol. The molecule has 0 aliphatic rings. The summed E-state index contributed by atoms with van der Waals surface area (Å²) in [4.78, 5) is 23.2. The zero-order valence-corrected chi connectivity index (χ0v) is 16.4. The Kier molecular flexibility index (Phi) is 5.75. The molecule has 31 heavy (non-hydrogen) atoms. The highest BCUT2D eigenvalue weighted by Gasteiger charge is 2.08. The molecule has 1 amide bonds. The maximum Gasteiger partial charge on any atom is 0.335 e. The lowest BCUT2D eigenvalue weighted by Crippen LogP contribution is -2.25. The molecule has 154 valence electrons.